The van der Waals surface area contributed by atoms with Crippen LogP contribution >= 0.6 is 0 Å². The Kier molecular flexibility index (Phi) is 3.10. The molecule has 0 radical (unpaired) electrons. The van der Waals surface area contributed by atoms with Crippen molar-refractivity contribution in [1.29, 1.82) is 0 Å². The minimum Gasteiger partial charge on any atom is -0.340 e. The number of nitrogens with one attached hydrogen (secondary N) is 2. The van der Waals surface area contributed by atoms with Gasteiger partial charge in [-0.1, -0.05) is 5.16 Å². The number of rotatable bonds is 4. The van der Waals surface area contributed by atoms with Crippen LogP contribution < -0.4 is 10.6 Å². The van der Waals surface area contributed by atoms with E-state index in [1.54, 1.807) is 6.92 Å². The zero-order chi connectivity index (χ0) is 9.80. The Morgan fingerprint density at radius 2 is 2.57 bits per heavy atom. The maximum Gasteiger partial charge on any atom is 0.223 e. The van der Waals surface area contributed by atoms with Crippen molar-refractivity contribution in [2.75, 3.05) is 13.1 Å². The average Bonchev–Trinajstić information content (AvgIpc) is 2.77. The van der Waals surface area contributed by atoms with E-state index in [9.17, 15) is 0 Å². The summed E-state index contributed by atoms with van der Waals surface area (Å²) >= 11 is 0. The first kappa shape index (κ1) is 9.61. The van der Waals surface area contributed by atoms with Gasteiger partial charge in [0.05, 0.1) is 6.54 Å². The highest BCUT2D eigenvalue weighted by atomic mass is 16.5. The van der Waals surface area contributed by atoms with Crippen molar-refractivity contribution in [2.24, 2.45) is 0 Å². The van der Waals surface area contributed by atoms with E-state index in [4.69, 9.17) is 4.52 Å². The lowest BCUT2D eigenvalue weighted by atomic mass is 10.2. The van der Waals surface area contributed by atoms with E-state index < -0.39 is 0 Å². The molecular formula is C9H16N4O. The lowest BCUT2D eigenvalue weighted by Crippen LogP contribution is -2.33. The quantitative estimate of drug-likeness (QED) is 0.721. The van der Waals surface area contributed by atoms with Gasteiger partial charge in [-0.2, -0.15) is 4.98 Å². The first-order valence-corrected chi connectivity index (χ1v) is 5.08. The Bertz CT molecular complexity index is 280. The number of aromatic nitrogens is 2. The monoisotopic (exact) mass is 196 g/mol. The molecule has 0 saturated carbocycles. The molecule has 0 aliphatic carbocycles. The highest BCUT2D eigenvalue weighted by molar-refractivity contribution is 4.84. The highest BCUT2D eigenvalue weighted by Crippen LogP contribution is 2.03. The standard InChI is InChI=1S/C9H16N4O/c1-7-12-9(13-14-7)6-10-5-8-3-2-4-11-8/h8,10-11H,2-6H2,1H3. The smallest absolute Gasteiger partial charge is 0.223 e. The largest absolute Gasteiger partial charge is 0.340 e. The van der Waals surface area contributed by atoms with Gasteiger partial charge in [0.25, 0.3) is 0 Å². The van der Waals surface area contributed by atoms with E-state index in [1.807, 2.05) is 0 Å². The van der Waals surface area contributed by atoms with Gasteiger partial charge in [-0.25, -0.2) is 0 Å². The molecule has 0 bridgehead atoms. The minimum absolute atomic E-state index is 0.614. The Morgan fingerprint density at radius 1 is 1.64 bits per heavy atom. The van der Waals surface area contributed by atoms with Crippen LogP contribution in [0, 0.1) is 6.92 Å². The molecule has 1 saturated heterocycles. The maximum atomic E-state index is 4.87. The molecule has 1 atom stereocenters. The van der Waals surface area contributed by atoms with Crippen LogP contribution in [-0.2, 0) is 6.54 Å². The first-order valence-electron chi connectivity index (χ1n) is 5.08. The molecule has 0 aromatic carbocycles. The van der Waals surface area contributed by atoms with Gasteiger partial charge in [-0.05, 0) is 19.4 Å². The SMILES string of the molecule is Cc1nc(CNCC2CCCN2)no1. The Morgan fingerprint density at radius 3 is 3.21 bits per heavy atom. The molecule has 0 amide bonds. The van der Waals surface area contributed by atoms with Gasteiger partial charge in [0, 0.05) is 19.5 Å². The highest BCUT2D eigenvalue weighted by Gasteiger charge is 2.13. The van der Waals surface area contributed by atoms with Crippen LogP contribution in [0.25, 0.3) is 0 Å². The summed E-state index contributed by atoms with van der Waals surface area (Å²) in [6.45, 7) is 4.62. The molecule has 5 heteroatoms. The molecule has 1 aromatic heterocycles. The summed E-state index contributed by atoms with van der Waals surface area (Å²) in [5.41, 5.74) is 0. The van der Waals surface area contributed by atoms with Crippen LogP contribution in [-0.4, -0.2) is 29.3 Å². The summed E-state index contributed by atoms with van der Waals surface area (Å²) in [5.74, 6) is 1.36. The lowest BCUT2D eigenvalue weighted by Gasteiger charge is -2.09. The van der Waals surface area contributed by atoms with Crippen LogP contribution in [0.4, 0.5) is 0 Å². The molecule has 1 fully saturated rings. The molecule has 1 aliphatic rings. The molecule has 1 unspecified atom stereocenters. The van der Waals surface area contributed by atoms with Gasteiger partial charge < -0.3 is 15.2 Å². The topological polar surface area (TPSA) is 63.0 Å². The third-order valence-electron chi connectivity index (χ3n) is 2.41. The second-order valence-electron chi connectivity index (χ2n) is 3.65. The normalized spacial score (nSPS) is 21.6. The summed E-state index contributed by atoms with van der Waals surface area (Å²) in [4.78, 5) is 4.11. The number of nitrogens with zero attached hydrogens (tertiary/aromatic N) is 2. The third-order valence-corrected chi connectivity index (χ3v) is 2.41. The van der Waals surface area contributed by atoms with Crippen LogP contribution in [0.2, 0.25) is 0 Å². The number of hydrogen-bond donors (Lipinski definition) is 2. The zero-order valence-corrected chi connectivity index (χ0v) is 8.42. The van der Waals surface area contributed by atoms with Crippen LogP contribution in [0.3, 0.4) is 0 Å². The number of hydrogen-bond acceptors (Lipinski definition) is 5. The van der Waals surface area contributed by atoms with Crippen molar-refractivity contribution < 1.29 is 4.52 Å². The van der Waals surface area contributed by atoms with E-state index in [0.717, 1.165) is 18.9 Å². The average molecular weight is 196 g/mol. The lowest BCUT2D eigenvalue weighted by molar-refractivity contribution is 0.384. The molecule has 1 aliphatic heterocycles. The van der Waals surface area contributed by atoms with Gasteiger partial charge in [0.1, 0.15) is 0 Å². The van der Waals surface area contributed by atoms with Crippen LogP contribution in [0.1, 0.15) is 24.6 Å². The van der Waals surface area contributed by atoms with Gasteiger partial charge in [-0.3, -0.25) is 0 Å². The summed E-state index contributed by atoms with van der Waals surface area (Å²) in [6.07, 6.45) is 2.55. The third kappa shape index (κ3) is 2.52. The van der Waals surface area contributed by atoms with Crippen LogP contribution in [0.5, 0.6) is 0 Å². The molecule has 1 aromatic rings. The second-order valence-corrected chi connectivity index (χ2v) is 3.65. The predicted molar refractivity (Wildman–Crippen MR) is 51.8 cm³/mol. The van der Waals surface area contributed by atoms with E-state index in [1.165, 1.54) is 12.8 Å². The van der Waals surface area contributed by atoms with Crippen molar-refractivity contribution in [3.05, 3.63) is 11.7 Å². The van der Waals surface area contributed by atoms with E-state index >= 15 is 0 Å². The van der Waals surface area contributed by atoms with E-state index in [0.29, 0.717) is 18.5 Å². The summed E-state index contributed by atoms with van der Waals surface area (Å²) < 4.78 is 4.87. The molecule has 0 spiro atoms. The second kappa shape index (κ2) is 4.52. The van der Waals surface area contributed by atoms with Gasteiger partial charge in [0.15, 0.2) is 5.82 Å². The molecule has 14 heavy (non-hydrogen) atoms. The van der Waals surface area contributed by atoms with Crippen LogP contribution in [0.15, 0.2) is 4.52 Å². The Balaban J connectivity index is 1.67. The first-order chi connectivity index (χ1) is 6.84. The van der Waals surface area contributed by atoms with Crippen molar-refractivity contribution in [2.45, 2.75) is 32.4 Å². The van der Waals surface area contributed by atoms with E-state index in [-0.39, 0.29) is 0 Å². The summed E-state index contributed by atoms with van der Waals surface area (Å²) in [5, 5.41) is 10.5. The Labute approximate surface area is 83.3 Å². The Hall–Kier alpha value is -0.940. The molecular weight excluding hydrogens is 180 g/mol. The summed E-state index contributed by atoms with van der Waals surface area (Å²) in [7, 11) is 0. The fourth-order valence-electron chi connectivity index (χ4n) is 1.70. The molecule has 2 rings (SSSR count). The van der Waals surface area contributed by atoms with Crippen molar-refractivity contribution >= 4 is 0 Å². The van der Waals surface area contributed by atoms with E-state index in [2.05, 4.69) is 20.8 Å². The van der Waals surface area contributed by atoms with Gasteiger partial charge in [0.2, 0.25) is 5.89 Å². The minimum atomic E-state index is 0.614. The molecule has 78 valence electrons. The molecule has 2 N–H and O–H groups in total. The maximum absolute atomic E-state index is 4.87. The summed E-state index contributed by atoms with van der Waals surface area (Å²) in [6, 6.07) is 0.614. The predicted octanol–water partition coefficient (Wildman–Crippen LogP) is 0.220. The van der Waals surface area contributed by atoms with Gasteiger partial charge in [-0.15, -0.1) is 0 Å². The molecule has 5 nitrogen and oxygen atoms in total. The fraction of sp³-hybridized carbons (Fsp3) is 0.778. The van der Waals surface area contributed by atoms with Gasteiger partial charge >= 0.3 is 0 Å². The van der Waals surface area contributed by atoms with Crippen molar-refractivity contribution in [1.82, 2.24) is 20.8 Å². The number of aryl methyl sites for hydroxylation is 1. The molecule has 2 heterocycles. The fourth-order valence-corrected chi connectivity index (χ4v) is 1.70. The van der Waals surface area contributed by atoms with Crippen molar-refractivity contribution in [3.63, 3.8) is 0 Å². The van der Waals surface area contributed by atoms with Crippen molar-refractivity contribution in [3.8, 4) is 0 Å². The zero-order valence-electron chi connectivity index (χ0n) is 8.42.